The molecule has 0 unspecified atom stereocenters. The molecule has 9 nitrogen and oxygen atoms in total. The van der Waals surface area contributed by atoms with E-state index < -0.39 is 17.8 Å². The first-order chi connectivity index (χ1) is 20.1. The number of aromatic nitrogens is 3. The van der Waals surface area contributed by atoms with Crippen molar-refractivity contribution in [1.82, 2.24) is 15.2 Å². The molecule has 0 aliphatic carbocycles. The number of ether oxygens (including phenoxy) is 1. The molecule has 0 amide bonds. The van der Waals surface area contributed by atoms with E-state index in [1.165, 1.54) is 0 Å². The second kappa shape index (κ2) is 11.0. The highest BCUT2D eigenvalue weighted by Crippen LogP contribution is 2.46. The molecule has 0 saturated carbocycles. The first-order valence-electron chi connectivity index (χ1n) is 13.4. The van der Waals surface area contributed by atoms with Crippen LogP contribution in [0.2, 0.25) is 0 Å². The van der Waals surface area contributed by atoms with Crippen LogP contribution in [0.1, 0.15) is 42.0 Å². The Morgan fingerprint density at radius 3 is 2.50 bits per heavy atom. The molecular formula is C29H27F3N6O3S. The Morgan fingerprint density at radius 2 is 1.76 bits per heavy atom. The topological polar surface area (TPSA) is 115 Å². The number of ketones is 1. The second-order valence-electron chi connectivity index (χ2n) is 10.6. The zero-order valence-electron chi connectivity index (χ0n) is 22.7. The molecule has 13 heteroatoms. The molecule has 6 rings (SSSR count). The van der Waals surface area contributed by atoms with Crippen LogP contribution in [-0.2, 0) is 21.4 Å². The second-order valence-corrected chi connectivity index (χ2v) is 11.6. The Kier molecular flexibility index (Phi) is 7.31. The number of hydrogen-bond acceptors (Lipinski definition) is 10. The number of benzene rings is 2. The fourth-order valence-electron chi connectivity index (χ4n) is 4.68. The number of fused-ring (bicyclic) bond motifs is 1. The number of halogens is 3. The number of carbonyl (C=O) groups is 1. The van der Waals surface area contributed by atoms with Crippen LogP contribution in [0.15, 0.2) is 64.0 Å². The van der Waals surface area contributed by atoms with Crippen LogP contribution < -0.4 is 10.6 Å². The first-order valence-corrected chi connectivity index (χ1v) is 14.2. The predicted octanol–water partition coefficient (Wildman–Crippen LogP) is 5.63. The van der Waals surface area contributed by atoms with Crippen LogP contribution >= 0.6 is 11.3 Å². The lowest BCUT2D eigenvalue weighted by molar-refractivity contribution is -0.180. The van der Waals surface area contributed by atoms with Gasteiger partial charge in [-0.2, -0.15) is 13.2 Å². The van der Waals surface area contributed by atoms with E-state index in [1.807, 2.05) is 54.6 Å². The lowest BCUT2D eigenvalue weighted by atomic mass is 9.94. The number of nitrogens with zero attached hydrogens (tertiary/aromatic N) is 4. The van der Waals surface area contributed by atoms with E-state index in [4.69, 9.17) is 14.1 Å². The molecular weight excluding hydrogens is 569 g/mol. The highest BCUT2D eigenvalue weighted by atomic mass is 32.1. The van der Waals surface area contributed by atoms with Crippen molar-refractivity contribution in [3.8, 4) is 11.6 Å². The average molecular weight is 597 g/mol. The molecule has 0 radical (unpaired) electrons. The Balaban J connectivity index is 1.33. The van der Waals surface area contributed by atoms with Gasteiger partial charge in [0.25, 0.3) is 5.89 Å². The van der Waals surface area contributed by atoms with E-state index in [0.29, 0.717) is 30.3 Å². The van der Waals surface area contributed by atoms with Crippen LogP contribution in [0.5, 0.6) is 0 Å². The summed E-state index contributed by atoms with van der Waals surface area (Å²) in [6.07, 6.45) is -4.73. The van der Waals surface area contributed by atoms with E-state index >= 15 is 0 Å². The normalized spacial score (nSPS) is 19.3. The summed E-state index contributed by atoms with van der Waals surface area (Å²) in [5, 5.41) is 14.5. The molecule has 42 heavy (non-hydrogen) atoms. The summed E-state index contributed by atoms with van der Waals surface area (Å²) >= 11 is 0.892. The lowest BCUT2D eigenvalue weighted by Gasteiger charge is -2.25. The zero-order chi connectivity index (χ0) is 29.5. The largest absolute Gasteiger partial charge is 0.402 e. The van der Waals surface area contributed by atoms with Crippen LogP contribution in [0, 0.1) is 0 Å². The van der Waals surface area contributed by atoms with Crippen molar-refractivity contribution in [2.45, 2.75) is 50.5 Å². The average Bonchev–Trinajstić information content (AvgIpc) is 3.72. The highest BCUT2D eigenvalue weighted by molar-refractivity contribution is 7.16. The third kappa shape index (κ3) is 5.41. The van der Waals surface area contributed by atoms with Crippen molar-refractivity contribution in [2.24, 2.45) is 4.99 Å². The van der Waals surface area contributed by atoms with E-state index in [-0.39, 0.29) is 40.9 Å². The van der Waals surface area contributed by atoms with Crippen molar-refractivity contribution in [2.75, 3.05) is 23.8 Å². The van der Waals surface area contributed by atoms with E-state index in [2.05, 4.69) is 25.8 Å². The summed E-state index contributed by atoms with van der Waals surface area (Å²) in [4.78, 5) is 22.4. The molecule has 2 aromatic carbocycles. The van der Waals surface area contributed by atoms with E-state index in [0.717, 1.165) is 41.9 Å². The molecule has 1 fully saturated rings. The number of aliphatic imine (C=N–C) groups is 1. The number of hydrogen-bond donors (Lipinski definition) is 2. The minimum atomic E-state index is -4.52. The van der Waals surface area contributed by atoms with Crippen LogP contribution in [0.3, 0.4) is 0 Å². The van der Waals surface area contributed by atoms with Crippen molar-refractivity contribution < 1.29 is 27.1 Å². The van der Waals surface area contributed by atoms with Gasteiger partial charge in [-0.3, -0.25) is 9.79 Å². The summed E-state index contributed by atoms with van der Waals surface area (Å²) in [6, 6.07) is 16.9. The minimum absolute atomic E-state index is 0.0870. The van der Waals surface area contributed by atoms with E-state index in [1.54, 1.807) is 0 Å². The first kappa shape index (κ1) is 28.0. The fraction of sp³-hybridized carbons (Fsp3) is 0.345. The van der Waals surface area contributed by atoms with Gasteiger partial charge in [-0.05, 0) is 25.8 Å². The Bertz CT molecular complexity index is 1630. The summed E-state index contributed by atoms with van der Waals surface area (Å²) in [6.45, 7) is 3.12. The third-order valence-electron chi connectivity index (χ3n) is 7.27. The number of anilines is 2. The van der Waals surface area contributed by atoms with Crippen molar-refractivity contribution >= 4 is 33.8 Å². The molecule has 0 bridgehead atoms. The van der Waals surface area contributed by atoms with Gasteiger partial charge in [-0.25, -0.2) is 4.98 Å². The summed E-state index contributed by atoms with van der Waals surface area (Å²) in [7, 11) is 0. The van der Waals surface area contributed by atoms with Gasteiger partial charge in [0.05, 0.1) is 18.4 Å². The van der Waals surface area contributed by atoms with Gasteiger partial charge in [-0.1, -0.05) is 71.0 Å². The maximum Gasteiger partial charge on any atom is 0.400 e. The van der Waals surface area contributed by atoms with Gasteiger partial charge in [0, 0.05) is 24.2 Å². The molecule has 0 spiro atoms. The quantitative estimate of drug-likeness (QED) is 0.282. The van der Waals surface area contributed by atoms with Gasteiger partial charge in [0.15, 0.2) is 17.6 Å². The van der Waals surface area contributed by atoms with Gasteiger partial charge < -0.3 is 19.8 Å². The molecule has 218 valence electrons. The minimum Gasteiger partial charge on any atom is -0.402 e. The summed E-state index contributed by atoms with van der Waals surface area (Å²) < 4.78 is 52.9. The number of thiazole rings is 1. The van der Waals surface area contributed by atoms with Crippen molar-refractivity contribution in [3.63, 3.8) is 0 Å². The summed E-state index contributed by atoms with van der Waals surface area (Å²) in [5.74, 6) is -0.296. The van der Waals surface area contributed by atoms with Crippen LogP contribution in [0.25, 0.3) is 11.6 Å². The Hall–Kier alpha value is -4.10. The van der Waals surface area contributed by atoms with E-state index in [9.17, 15) is 18.0 Å². The van der Waals surface area contributed by atoms with Crippen molar-refractivity contribution in [3.05, 3.63) is 76.3 Å². The van der Waals surface area contributed by atoms with Gasteiger partial charge >= 0.3 is 12.2 Å². The molecule has 2 aliphatic heterocycles. The van der Waals surface area contributed by atoms with Crippen LogP contribution in [0.4, 0.5) is 24.2 Å². The number of rotatable bonds is 7. The third-order valence-corrected chi connectivity index (χ3v) is 8.58. The maximum absolute atomic E-state index is 13.9. The monoisotopic (exact) mass is 596 g/mol. The lowest BCUT2D eigenvalue weighted by Crippen LogP contribution is -2.36. The number of alkyl halides is 3. The Morgan fingerprint density at radius 1 is 1.00 bits per heavy atom. The molecule has 2 N–H and O–H groups in total. The van der Waals surface area contributed by atoms with Gasteiger partial charge in [-0.15, -0.1) is 5.10 Å². The molecule has 2 aliphatic rings. The maximum atomic E-state index is 13.9. The molecule has 2 atom stereocenters. The van der Waals surface area contributed by atoms with Crippen LogP contribution in [-0.4, -0.2) is 58.3 Å². The number of nitrogens with one attached hydrogen (secondary N) is 2. The van der Waals surface area contributed by atoms with Crippen molar-refractivity contribution in [1.29, 1.82) is 0 Å². The molecule has 4 aromatic rings. The van der Waals surface area contributed by atoms with Gasteiger partial charge in [0.2, 0.25) is 0 Å². The standard InChI is InChI=1S/C29H27F3N6O3S/c1-28(2,29(30,31)32)26-35-22(25(42-26)33-18-12-13-40-15-18)24-37-38-27(41-24)36-23-20(39)14-17-10-6-7-11-19(17)21(34-23)16-8-4-3-5-9-16/h3-11,18,23,33H,12-15H2,1-2H3,(H,36,38)/t18-,23-/m1/s1. The number of Topliss-reactive ketones (excluding diaryl/α,β-unsaturated/α-hetero) is 1. The molecule has 4 heterocycles. The zero-order valence-corrected chi connectivity index (χ0v) is 23.6. The SMILES string of the molecule is CC(C)(c1nc(-c2nnc(N[C@H]3N=C(c4ccccc4)c4ccccc4CC3=O)o2)c(N[C@@H]2CCOC2)s1)C(F)(F)F. The summed E-state index contributed by atoms with van der Waals surface area (Å²) in [5.41, 5.74) is 1.07. The predicted molar refractivity (Wildman–Crippen MR) is 152 cm³/mol. The molecule has 2 aromatic heterocycles. The highest BCUT2D eigenvalue weighted by Gasteiger charge is 2.51. The number of carbonyl (C=O) groups excluding carboxylic acids is 1. The smallest absolute Gasteiger partial charge is 0.400 e. The molecule has 1 saturated heterocycles. The van der Waals surface area contributed by atoms with Gasteiger partial charge in [0.1, 0.15) is 15.4 Å². The fourth-order valence-corrected chi connectivity index (χ4v) is 5.84. The Labute approximate surface area is 243 Å².